The highest BCUT2D eigenvalue weighted by Crippen LogP contribution is 2.29. The maximum absolute atomic E-state index is 11.1. The van der Waals surface area contributed by atoms with Gasteiger partial charge in [-0.1, -0.05) is 0 Å². The van der Waals surface area contributed by atoms with Gasteiger partial charge >= 0.3 is 5.97 Å². The number of rotatable bonds is 2. The summed E-state index contributed by atoms with van der Waals surface area (Å²) in [7, 11) is 0. The third-order valence-electron chi connectivity index (χ3n) is 3.40. The second kappa shape index (κ2) is 4.31. The number of anilines is 1. The largest absolute Gasteiger partial charge is 0.481 e. The molecule has 17 heavy (non-hydrogen) atoms. The van der Waals surface area contributed by atoms with E-state index in [1.165, 1.54) is 0 Å². The van der Waals surface area contributed by atoms with Gasteiger partial charge in [-0.3, -0.25) is 9.78 Å². The Hall–Kier alpha value is -1.65. The minimum Gasteiger partial charge on any atom is -0.481 e. The smallest absolute Gasteiger partial charge is 0.308 e. The van der Waals surface area contributed by atoms with Crippen LogP contribution in [0.4, 0.5) is 5.82 Å². The van der Waals surface area contributed by atoms with E-state index in [0.29, 0.717) is 6.42 Å². The first-order valence-electron chi connectivity index (χ1n) is 5.80. The molecule has 0 saturated carbocycles. The van der Waals surface area contributed by atoms with Crippen molar-refractivity contribution in [2.24, 2.45) is 5.92 Å². The summed E-state index contributed by atoms with van der Waals surface area (Å²) in [5.74, 6) is -0.212. The van der Waals surface area contributed by atoms with Gasteiger partial charge in [0, 0.05) is 18.8 Å². The number of nitrogens with zero attached hydrogens (tertiary/aromatic N) is 3. The van der Waals surface area contributed by atoms with Gasteiger partial charge in [-0.05, 0) is 27.2 Å². The van der Waals surface area contributed by atoms with Crippen LogP contribution < -0.4 is 4.90 Å². The summed E-state index contributed by atoms with van der Waals surface area (Å²) in [5, 5.41) is 9.11. The van der Waals surface area contributed by atoms with Crippen molar-refractivity contribution < 1.29 is 9.90 Å². The highest BCUT2D eigenvalue weighted by atomic mass is 16.4. The van der Waals surface area contributed by atoms with Crippen molar-refractivity contribution in [3.63, 3.8) is 0 Å². The van der Waals surface area contributed by atoms with Gasteiger partial charge in [0.15, 0.2) is 5.82 Å². The standard InChI is InChI=1S/C12H17N3O2/c1-7-6-13-8(2)11(14-7)15-5-4-10(9(15)3)12(16)17/h6,9-10H,4-5H2,1-3H3,(H,16,17). The molecule has 1 aromatic heterocycles. The van der Waals surface area contributed by atoms with Crippen LogP contribution in [0.2, 0.25) is 0 Å². The van der Waals surface area contributed by atoms with Crippen molar-refractivity contribution in [2.45, 2.75) is 33.2 Å². The summed E-state index contributed by atoms with van der Waals surface area (Å²) in [6, 6.07) is -0.0256. The summed E-state index contributed by atoms with van der Waals surface area (Å²) in [5.41, 5.74) is 1.71. The van der Waals surface area contributed by atoms with E-state index in [1.54, 1.807) is 6.20 Å². The molecule has 2 atom stereocenters. The fourth-order valence-corrected chi connectivity index (χ4v) is 2.37. The fourth-order valence-electron chi connectivity index (χ4n) is 2.37. The highest BCUT2D eigenvalue weighted by molar-refractivity contribution is 5.72. The summed E-state index contributed by atoms with van der Waals surface area (Å²) in [6.45, 7) is 6.47. The van der Waals surface area contributed by atoms with Crippen LogP contribution in [-0.4, -0.2) is 33.6 Å². The number of carbonyl (C=O) groups is 1. The summed E-state index contributed by atoms with van der Waals surface area (Å²) in [6.07, 6.45) is 2.40. The zero-order valence-corrected chi connectivity index (χ0v) is 10.3. The van der Waals surface area contributed by atoms with Crippen LogP contribution in [0.15, 0.2) is 6.20 Å². The lowest BCUT2D eigenvalue weighted by atomic mass is 10.0. The molecule has 1 aromatic rings. The van der Waals surface area contributed by atoms with E-state index in [9.17, 15) is 4.79 Å². The normalized spacial score (nSPS) is 24.1. The summed E-state index contributed by atoms with van der Waals surface area (Å²) < 4.78 is 0. The predicted molar refractivity (Wildman–Crippen MR) is 64.1 cm³/mol. The lowest BCUT2D eigenvalue weighted by Crippen LogP contribution is -2.34. The average molecular weight is 235 g/mol. The highest BCUT2D eigenvalue weighted by Gasteiger charge is 2.36. The van der Waals surface area contributed by atoms with Gasteiger partial charge < -0.3 is 10.0 Å². The Bertz CT molecular complexity index is 447. The van der Waals surface area contributed by atoms with Gasteiger partial charge in [0.25, 0.3) is 0 Å². The fraction of sp³-hybridized carbons (Fsp3) is 0.583. The molecule has 5 nitrogen and oxygen atoms in total. The van der Waals surface area contributed by atoms with Crippen molar-refractivity contribution in [3.8, 4) is 0 Å². The Balaban J connectivity index is 2.30. The Morgan fingerprint density at radius 2 is 2.24 bits per heavy atom. The van der Waals surface area contributed by atoms with E-state index >= 15 is 0 Å². The number of aromatic nitrogens is 2. The maximum atomic E-state index is 11.1. The van der Waals surface area contributed by atoms with Crippen molar-refractivity contribution in [3.05, 3.63) is 17.6 Å². The van der Waals surface area contributed by atoms with Gasteiger partial charge in [0.05, 0.1) is 17.3 Å². The Kier molecular flexibility index (Phi) is 3.00. The molecule has 1 fully saturated rings. The van der Waals surface area contributed by atoms with Crippen LogP contribution in [0.25, 0.3) is 0 Å². The first kappa shape index (κ1) is 11.8. The van der Waals surface area contributed by atoms with Crippen LogP contribution in [0.3, 0.4) is 0 Å². The molecule has 1 N–H and O–H groups in total. The number of aryl methyl sites for hydroxylation is 2. The molecule has 0 aliphatic carbocycles. The molecule has 0 radical (unpaired) electrons. The van der Waals surface area contributed by atoms with E-state index < -0.39 is 5.97 Å². The lowest BCUT2D eigenvalue weighted by Gasteiger charge is -2.25. The second-order valence-electron chi connectivity index (χ2n) is 4.59. The number of carboxylic acids is 1. The quantitative estimate of drug-likeness (QED) is 0.839. The topological polar surface area (TPSA) is 66.3 Å². The van der Waals surface area contributed by atoms with Crippen molar-refractivity contribution in [1.29, 1.82) is 0 Å². The van der Waals surface area contributed by atoms with E-state index in [0.717, 1.165) is 23.8 Å². The van der Waals surface area contributed by atoms with E-state index in [4.69, 9.17) is 5.11 Å². The molecule has 5 heteroatoms. The van der Waals surface area contributed by atoms with Crippen molar-refractivity contribution in [2.75, 3.05) is 11.4 Å². The van der Waals surface area contributed by atoms with Crippen LogP contribution >= 0.6 is 0 Å². The summed E-state index contributed by atoms with van der Waals surface area (Å²) in [4.78, 5) is 21.9. The molecule has 2 rings (SSSR count). The van der Waals surface area contributed by atoms with Crippen LogP contribution in [0, 0.1) is 19.8 Å². The minimum atomic E-state index is -0.724. The molecule has 1 aliphatic rings. The van der Waals surface area contributed by atoms with Gasteiger partial charge in [-0.25, -0.2) is 4.98 Å². The molecule has 92 valence electrons. The molecule has 1 aliphatic heterocycles. The SMILES string of the molecule is Cc1cnc(C)c(N2CCC(C(=O)O)C2C)n1. The minimum absolute atomic E-state index is 0.0256. The van der Waals surface area contributed by atoms with Crippen LogP contribution in [0.1, 0.15) is 24.7 Å². The number of carboxylic acid groups (broad SMARTS) is 1. The monoisotopic (exact) mass is 235 g/mol. The molecule has 2 heterocycles. The first-order valence-corrected chi connectivity index (χ1v) is 5.80. The molecular weight excluding hydrogens is 218 g/mol. The molecule has 0 bridgehead atoms. The number of hydrogen-bond donors (Lipinski definition) is 1. The molecular formula is C12H17N3O2. The van der Waals surface area contributed by atoms with E-state index in [2.05, 4.69) is 9.97 Å². The molecule has 1 saturated heterocycles. The van der Waals surface area contributed by atoms with E-state index in [-0.39, 0.29) is 12.0 Å². The van der Waals surface area contributed by atoms with E-state index in [1.807, 2.05) is 25.7 Å². The van der Waals surface area contributed by atoms with Crippen LogP contribution in [0.5, 0.6) is 0 Å². The number of aliphatic carboxylic acids is 1. The second-order valence-corrected chi connectivity index (χ2v) is 4.59. The third-order valence-corrected chi connectivity index (χ3v) is 3.40. The average Bonchev–Trinajstić information content (AvgIpc) is 2.64. The molecule has 0 aromatic carbocycles. The first-order chi connectivity index (χ1) is 8.00. The Morgan fingerprint density at radius 1 is 1.53 bits per heavy atom. The molecule has 0 spiro atoms. The zero-order valence-electron chi connectivity index (χ0n) is 10.3. The molecule has 2 unspecified atom stereocenters. The number of hydrogen-bond acceptors (Lipinski definition) is 4. The van der Waals surface area contributed by atoms with Gasteiger partial charge in [-0.15, -0.1) is 0 Å². The zero-order chi connectivity index (χ0) is 12.6. The van der Waals surface area contributed by atoms with Crippen LogP contribution in [-0.2, 0) is 4.79 Å². The Labute approximate surface area is 100 Å². The third kappa shape index (κ3) is 2.09. The lowest BCUT2D eigenvalue weighted by molar-refractivity contribution is -0.141. The van der Waals surface area contributed by atoms with Gasteiger partial charge in [0.1, 0.15) is 0 Å². The van der Waals surface area contributed by atoms with Crippen molar-refractivity contribution in [1.82, 2.24) is 9.97 Å². The maximum Gasteiger partial charge on any atom is 0.308 e. The van der Waals surface area contributed by atoms with Crippen molar-refractivity contribution >= 4 is 11.8 Å². The summed E-state index contributed by atoms with van der Waals surface area (Å²) >= 11 is 0. The van der Waals surface area contributed by atoms with Gasteiger partial charge in [-0.2, -0.15) is 0 Å². The molecule has 0 amide bonds. The van der Waals surface area contributed by atoms with Gasteiger partial charge in [0.2, 0.25) is 0 Å². The predicted octanol–water partition coefficient (Wildman–Crippen LogP) is 1.39. The Morgan fingerprint density at radius 3 is 2.82 bits per heavy atom.